The van der Waals surface area contributed by atoms with Crippen LogP contribution in [0.15, 0.2) is 23.1 Å². The average Bonchev–Trinajstić information content (AvgIpc) is 3.03. The van der Waals surface area contributed by atoms with Gasteiger partial charge in [0.05, 0.1) is 21.8 Å². The van der Waals surface area contributed by atoms with Crippen LogP contribution in [0.25, 0.3) is 11.0 Å². The zero-order valence-electron chi connectivity index (χ0n) is 16.8. The van der Waals surface area contributed by atoms with Crippen LogP contribution in [0.4, 0.5) is 0 Å². The number of benzene rings is 1. The Morgan fingerprint density at radius 3 is 2.61 bits per heavy atom. The normalized spacial score (nSPS) is 16.0. The van der Waals surface area contributed by atoms with Crippen LogP contribution in [0.1, 0.15) is 51.3 Å². The lowest BCUT2D eigenvalue weighted by Gasteiger charge is -2.19. The van der Waals surface area contributed by atoms with E-state index in [1.165, 1.54) is 24.8 Å². The second-order valence-electron chi connectivity index (χ2n) is 7.56. The molecule has 0 bridgehead atoms. The van der Waals surface area contributed by atoms with E-state index in [9.17, 15) is 13.2 Å². The van der Waals surface area contributed by atoms with Gasteiger partial charge in [-0.3, -0.25) is 4.79 Å². The molecule has 0 spiro atoms. The maximum Gasteiger partial charge on any atom is 0.309 e. The van der Waals surface area contributed by atoms with Crippen LogP contribution in [-0.4, -0.2) is 42.3 Å². The van der Waals surface area contributed by atoms with E-state index in [1.54, 1.807) is 18.2 Å². The molecule has 0 unspecified atom stereocenters. The number of hydrogen-bond acceptors (Lipinski definition) is 5. The van der Waals surface area contributed by atoms with Gasteiger partial charge in [-0.05, 0) is 37.5 Å². The highest BCUT2D eigenvalue weighted by Gasteiger charge is 2.24. The molecule has 0 aliphatic heterocycles. The lowest BCUT2D eigenvalue weighted by molar-refractivity contribution is -0.151. The predicted octanol–water partition coefficient (Wildman–Crippen LogP) is 3.32. The summed E-state index contributed by atoms with van der Waals surface area (Å²) in [5, 5.41) is 0. The SMILES string of the molecule is CCCn1c(COC(=O)C2CCCCC2)nc2cc(S(=O)(=O)N(C)C)ccc21. The quantitative estimate of drug-likeness (QED) is 0.658. The summed E-state index contributed by atoms with van der Waals surface area (Å²) in [5.41, 5.74) is 1.45. The number of aromatic nitrogens is 2. The zero-order chi connectivity index (χ0) is 20.3. The number of imidazole rings is 1. The molecule has 0 radical (unpaired) electrons. The number of fused-ring (bicyclic) bond motifs is 1. The molecule has 0 amide bonds. The van der Waals surface area contributed by atoms with Crippen LogP contribution >= 0.6 is 0 Å². The van der Waals surface area contributed by atoms with Gasteiger partial charge < -0.3 is 9.30 Å². The van der Waals surface area contributed by atoms with Crippen molar-refractivity contribution in [3.05, 3.63) is 24.0 Å². The van der Waals surface area contributed by atoms with Crippen LogP contribution in [0.5, 0.6) is 0 Å². The molecule has 0 atom stereocenters. The second kappa shape index (κ2) is 8.61. The number of nitrogens with zero attached hydrogens (tertiary/aromatic N) is 3. The third-order valence-corrected chi connectivity index (χ3v) is 7.12. The van der Waals surface area contributed by atoms with Crippen molar-refractivity contribution in [3.8, 4) is 0 Å². The molecule has 1 aromatic carbocycles. The molecule has 1 heterocycles. The van der Waals surface area contributed by atoms with Crippen molar-refractivity contribution in [2.75, 3.05) is 14.1 Å². The van der Waals surface area contributed by atoms with Crippen molar-refractivity contribution in [1.82, 2.24) is 13.9 Å². The van der Waals surface area contributed by atoms with Crippen molar-refractivity contribution < 1.29 is 17.9 Å². The highest BCUT2D eigenvalue weighted by molar-refractivity contribution is 7.89. The lowest BCUT2D eigenvalue weighted by Crippen LogP contribution is -2.22. The van der Waals surface area contributed by atoms with Gasteiger partial charge in [-0.1, -0.05) is 26.2 Å². The van der Waals surface area contributed by atoms with E-state index in [0.29, 0.717) is 11.3 Å². The van der Waals surface area contributed by atoms with Gasteiger partial charge in [-0.25, -0.2) is 17.7 Å². The molecule has 0 N–H and O–H groups in total. The topological polar surface area (TPSA) is 81.5 Å². The van der Waals surface area contributed by atoms with E-state index in [2.05, 4.69) is 11.9 Å². The Balaban J connectivity index is 1.86. The Morgan fingerprint density at radius 1 is 1.25 bits per heavy atom. The minimum atomic E-state index is -3.53. The third-order valence-electron chi connectivity index (χ3n) is 5.31. The van der Waals surface area contributed by atoms with Gasteiger partial charge >= 0.3 is 5.97 Å². The summed E-state index contributed by atoms with van der Waals surface area (Å²) in [6, 6.07) is 4.97. The molecule has 28 heavy (non-hydrogen) atoms. The van der Waals surface area contributed by atoms with Crippen molar-refractivity contribution >= 4 is 27.0 Å². The predicted molar refractivity (Wildman–Crippen MR) is 107 cm³/mol. The Bertz CT molecular complexity index is 944. The number of carbonyl (C=O) groups is 1. The largest absolute Gasteiger partial charge is 0.457 e. The molecule has 1 aliphatic rings. The summed E-state index contributed by atoms with van der Waals surface area (Å²) >= 11 is 0. The average molecular weight is 408 g/mol. The molecule has 1 aromatic heterocycles. The molecule has 1 fully saturated rings. The Kier molecular flexibility index (Phi) is 6.40. The molecule has 7 nitrogen and oxygen atoms in total. The summed E-state index contributed by atoms with van der Waals surface area (Å²) in [6.45, 7) is 2.90. The molecule has 1 aliphatic carbocycles. The van der Waals surface area contributed by atoms with E-state index in [0.717, 1.165) is 44.2 Å². The number of hydrogen-bond donors (Lipinski definition) is 0. The standard InChI is InChI=1S/C20H29N3O4S/c1-4-12-23-18-11-10-16(28(25,26)22(2)3)13-17(18)21-19(23)14-27-20(24)15-8-6-5-7-9-15/h10-11,13,15H,4-9,12,14H2,1-3H3. The summed E-state index contributed by atoms with van der Waals surface area (Å²) < 4.78 is 33.6. The van der Waals surface area contributed by atoms with Gasteiger partial charge in [0, 0.05) is 20.6 Å². The third kappa shape index (κ3) is 4.22. The fraction of sp³-hybridized carbons (Fsp3) is 0.600. The van der Waals surface area contributed by atoms with Gasteiger partial charge in [0.25, 0.3) is 0 Å². The first-order chi connectivity index (χ1) is 13.3. The summed E-state index contributed by atoms with van der Waals surface area (Å²) in [4.78, 5) is 17.2. The number of ether oxygens (including phenoxy) is 1. The van der Waals surface area contributed by atoms with E-state index in [-0.39, 0.29) is 23.4 Å². The molecule has 2 aromatic rings. The number of sulfonamides is 1. The van der Waals surface area contributed by atoms with Crippen molar-refractivity contribution in [2.24, 2.45) is 5.92 Å². The first-order valence-electron chi connectivity index (χ1n) is 9.93. The second-order valence-corrected chi connectivity index (χ2v) is 9.71. The van der Waals surface area contributed by atoms with E-state index in [4.69, 9.17) is 4.74 Å². The zero-order valence-corrected chi connectivity index (χ0v) is 17.7. The molecular weight excluding hydrogens is 378 g/mol. The van der Waals surface area contributed by atoms with Gasteiger partial charge in [-0.15, -0.1) is 0 Å². The van der Waals surface area contributed by atoms with E-state index >= 15 is 0 Å². The van der Waals surface area contributed by atoms with Crippen molar-refractivity contribution in [3.63, 3.8) is 0 Å². The van der Waals surface area contributed by atoms with E-state index < -0.39 is 10.0 Å². The highest BCUT2D eigenvalue weighted by Crippen LogP contribution is 2.26. The van der Waals surface area contributed by atoms with Gasteiger partial charge in [0.2, 0.25) is 10.0 Å². The van der Waals surface area contributed by atoms with Gasteiger partial charge in [0.1, 0.15) is 12.4 Å². The highest BCUT2D eigenvalue weighted by atomic mass is 32.2. The minimum absolute atomic E-state index is 0.00501. The minimum Gasteiger partial charge on any atom is -0.457 e. The number of esters is 1. The van der Waals surface area contributed by atoms with Gasteiger partial charge in [-0.2, -0.15) is 0 Å². The number of aryl methyl sites for hydroxylation is 1. The summed E-state index contributed by atoms with van der Waals surface area (Å²) in [6.07, 6.45) is 6.04. The maximum absolute atomic E-state index is 12.4. The number of rotatable bonds is 7. The lowest BCUT2D eigenvalue weighted by atomic mass is 9.89. The van der Waals surface area contributed by atoms with Crippen LogP contribution in [0.3, 0.4) is 0 Å². The molecule has 3 rings (SSSR count). The first-order valence-corrected chi connectivity index (χ1v) is 11.4. The molecule has 1 saturated carbocycles. The fourth-order valence-corrected chi connectivity index (χ4v) is 4.63. The Labute approximate surface area is 166 Å². The van der Waals surface area contributed by atoms with Crippen molar-refractivity contribution in [2.45, 2.75) is 63.5 Å². The fourth-order valence-electron chi connectivity index (χ4n) is 3.71. The Hall–Kier alpha value is -1.93. The van der Waals surface area contributed by atoms with Crippen molar-refractivity contribution in [1.29, 1.82) is 0 Å². The van der Waals surface area contributed by atoms with Gasteiger partial charge in [0.15, 0.2) is 0 Å². The molecule has 8 heteroatoms. The number of carbonyl (C=O) groups excluding carboxylic acids is 1. The summed E-state index contributed by atoms with van der Waals surface area (Å²) in [7, 11) is -0.515. The van der Waals surface area contributed by atoms with Crippen LogP contribution in [-0.2, 0) is 32.7 Å². The first kappa shape index (κ1) is 20.8. The summed E-state index contributed by atoms with van der Waals surface area (Å²) in [5.74, 6) is 0.501. The molecule has 0 saturated heterocycles. The van der Waals surface area contributed by atoms with Crippen LogP contribution in [0.2, 0.25) is 0 Å². The van der Waals surface area contributed by atoms with Crippen LogP contribution in [0, 0.1) is 5.92 Å². The van der Waals surface area contributed by atoms with E-state index in [1.807, 2.05) is 4.57 Å². The smallest absolute Gasteiger partial charge is 0.309 e. The maximum atomic E-state index is 12.4. The molecule has 154 valence electrons. The van der Waals surface area contributed by atoms with Crippen LogP contribution < -0.4 is 0 Å². The Morgan fingerprint density at radius 2 is 1.96 bits per heavy atom. The monoisotopic (exact) mass is 407 g/mol. The molecular formula is C20H29N3O4S.